The zero-order valence-corrected chi connectivity index (χ0v) is 15.4. The summed E-state index contributed by atoms with van der Waals surface area (Å²) in [7, 11) is -1.35. The standard InChI is InChI=1S/C21H23NO2S/c1-3-18-15-8-9-16(13-15)20(18)21(23)22-12-4-5-19(22)25(24)17-10-6-14(2)7-11-17/h4-12,15-16,18,20H,3,13H2,1-2H3/t15-,16+,18+,20-,25?/m0/s1. The Kier molecular flexibility index (Phi) is 4.24. The van der Waals surface area contributed by atoms with E-state index < -0.39 is 10.8 Å². The van der Waals surface area contributed by atoms with Crippen LogP contribution in [0.2, 0.25) is 0 Å². The molecule has 3 nitrogen and oxygen atoms in total. The van der Waals surface area contributed by atoms with Crippen LogP contribution in [0, 0.1) is 30.6 Å². The molecular weight excluding hydrogens is 330 g/mol. The van der Waals surface area contributed by atoms with E-state index in [1.807, 2.05) is 37.3 Å². The quantitative estimate of drug-likeness (QED) is 0.762. The SMILES string of the molecule is CC[C@H]1[C@@H](C(=O)n2cccc2S(=O)c2ccc(C)cc2)[C@@H]2C=C[C@H]1C2. The van der Waals surface area contributed by atoms with Crippen LogP contribution in [0.5, 0.6) is 0 Å². The van der Waals surface area contributed by atoms with Gasteiger partial charge in [-0.2, -0.15) is 0 Å². The first kappa shape index (κ1) is 16.5. The molecule has 2 aliphatic carbocycles. The number of carbonyl (C=O) groups is 1. The van der Waals surface area contributed by atoms with Gasteiger partial charge in [0.15, 0.2) is 0 Å². The van der Waals surface area contributed by atoms with Gasteiger partial charge in [0, 0.05) is 17.0 Å². The molecule has 4 heteroatoms. The van der Waals surface area contributed by atoms with Crippen molar-refractivity contribution < 1.29 is 9.00 Å². The molecule has 1 aromatic carbocycles. The summed E-state index contributed by atoms with van der Waals surface area (Å²) in [4.78, 5) is 14.0. The topological polar surface area (TPSA) is 39.1 Å². The minimum absolute atomic E-state index is 0.0150. The maximum Gasteiger partial charge on any atom is 0.235 e. The average Bonchev–Trinajstić information content (AvgIpc) is 3.35. The third-order valence-electron chi connectivity index (χ3n) is 5.75. The molecule has 2 aliphatic rings. The molecule has 0 amide bonds. The number of hydrogen-bond donors (Lipinski definition) is 0. The minimum atomic E-state index is -1.35. The highest BCUT2D eigenvalue weighted by Crippen LogP contribution is 2.50. The fraction of sp³-hybridized carbons (Fsp3) is 0.381. The molecule has 130 valence electrons. The lowest BCUT2D eigenvalue weighted by molar-refractivity contribution is 0.0754. The van der Waals surface area contributed by atoms with Gasteiger partial charge in [0.25, 0.3) is 0 Å². The number of aryl methyl sites for hydroxylation is 1. The van der Waals surface area contributed by atoms with E-state index in [2.05, 4.69) is 19.1 Å². The fourth-order valence-electron chi connectivity index (χ4n) is 4.49. The fourth-order valence-corrected chi connectivity index (χ4v) is 5.65. The summed E-state index contributed by atoms with van der Waals surface area (Å²) in [5.41, 5.74) is 1.13. The Hall–Kier alpha value is -1.94. The van der Waals surface area contributed by atoms with Crippen LogP contribution >= 0.6 is 0 Å². The molecule has 0 saturated heterocycles. The van der Waals surface area contributed by atoms with Crippen molar-refractivity contribution >= 4 is 16.7 Å². The number of carbonyl (C=O) groups excluding carboxylic acids is 1. The first-order valence-electron chi connectivity index (χ1n) is 8.98. The predicted molar refractivity (Wildman–Crippen MR) is 98.9 cm³/mol. The summed E-state index contributed by atoms with van der Waals surface area (Å²) < 4.78 is 14.6. The summed E-state index contributed by atoms with van der Waals surface area (Å²) in [5.74, 6) is 1.40. The molecule has 1 heterocycles. The van der Waals surface area contributed by atoms with Crippen LogP contribution in [0.1, 0.15) is 30.1 Å². The molecule has 0 N–H and O–H groups in total. The van der Waals surface area contributed by atoms with Gasteiger partial charge in [-0.3, -0.25) is 9.36 Å². The second-order valence-corrected chi connectivity index (χ2v) is 8.61. The highest BCUT2D eigenvalue weighted by atomic mass is 32.2. The monoisotopic (exact) mass is 353 g/mol. The van der Waals surface area contributed by atoms with Gasteiger partial charge < -0.3 is 0 Å². The molecule has 1 fully saturated rings. The maximum atomic E-state index is 13.3. The van der Waals surface area contributed by atoms with Crippen LogP contribution in [0.3, 0.4) is 0 Å². The zero-order chi connectivity index (χ0) is 17.6. The number of nitrogens with zero attached hydrogens (tertiary/aromatic N) is 1. The Bertz CT molecular complexity index is 849. The van der Waals surface area contributed by atoms with E-state index in [1.165, 1.54) is 0 Å². The summed E-state index contributed by atoms with van der Waals surface area (Å²) in [5, 5.41) is 0.579. The van der Waals surface area contributed by atoms with Crippen molar-refractivity contribution in [3.63, 3.8) is 0 Å². The van der Waals surface area contributed by atoms with Gasteiger partial charge in [-0.1, -0.05) is 43.2 Å². The molecule has 4 rings (SSSR count). The summed E-state index contributed by atoms with van der Waals surface area (Å²) in [6, 6.07) is 11.3. The maximum absolute atomic E-state index is 13.3. The van der Waals surface area contributed by atoms with Gasteiger partial charge in [-0.25, -0.2) is 4.21 Å². The number of hydrogen-bond acceptors (Lipinski definition) is 2. The molecule has 0 radical (unpaired) electrons. The molecule has 25 heavy (non-hydrogen) atoms. The van der Waals surface area contributed by atoms with Gasteiger partial charge in [0.1, 0.15) is 15.8 Å². The van der Waals surface area contributed by atoms with Gasteiger partial charge in [0.2, 0.25) is 5.91 Å². The Balaban J connectivity index is 1.65. The Morgan fingerprint density at radius 3 is 2.60 bits per heavy atom. The van der Waals surface area contributed by atoms with Gasteiger partial charge >= 0.3 is 0 Å². The zero-order valence-electron chi connectivity index (χ0n) is 14.6. The lowest BCUT2D eigenvalue weighted by Gasteiger charge is -2.26. The number of allylic oxidation sites excluding steroid dienone is 2. The predicted octanol–water partition coefficient (Wildman–Crippen LogP) is 4.45. The van der Waals surface area contributed by atoms with E-state index in [9.17, 15) is 9.00 Å². The second kappa shape index (κ2) is 6.41. The van der Waals surface area contributed by atoms with E-state index in [1.54, 1.807) is 16.8 Å². The molecule has 0 aliphatic heterocycles. The number of aromatic nitrogens is 1. The minimum Gasteiger partial charge on any atom is -0.279 e. The molecular formula is C21H23NO2S. The summed E-state index contributed by atoms with van der Waals surface area (Å²) in [6.45, 7) is 4.17. The molecule has 2 aromatic rings. The Labute approximate surface area is 151 Å². The van der Waals surface area contributed by atoms with E-state index in [0.29, 0.717) is 22.8 Å². The highest BCUT2D eigenvalue weighted by molar-refractivity contribution is 7.85. The van der Waals surface area contributed by atoms with Crippen LogP contribution in [0.25, 0.3) is 0 Å². The lowest BCUT2D eigenvalue weighted by Crippen LogP contribution is -2.32. The molecule has 1 saturated carbocycles. The normalized spacial score (nSPS) is 28.4. The van der Waals surface area contributed by atoms with Gasteiger partial charge in [0.05, 0.1) is 0 Å². The number of fused-ring (bicyclic) bond motifs is 2. The number of rotatable bonds is 4. The molecule has 0 spiro atoms. The van der Waals surface area contributed by atoms with Crippen LogP contribution in [-0.2, 0) is 10.8 Å². The van der Waals surface area contributed by atoms with Gasteiger partial charge in [-0.15, -0.1) is 0 Å². The van der Waals surface area contributed by atoms with E-state index in [0.717, 1.165) is 23.3 Å². The molecule has 2 bridgehead atoms. The smallest absolute Gasteiger partial charge is 0.235 e. The van der Waals surface area contributed by atoms with E-state index in [4.69, 9.17) is 0 Å². The Morgan fingerprint density at radius 1 is 1.16 bits per heavy atom. The van der Waals surface area contributed by atoms with Crippen LogP contribution < -0.4 is 0 Å². The average molecular weight is 353 g/mol. The third kappa shape index (κ3) is 2.73. The van der Waals surface area contributed by atoms with E-state index >= 15 is 0 Å². The van der Waals surface area contributed by atoms with Gasteiger partial charge in [-0.05, 0) is 55.4 Å². The summed E-state index contributed by atoms with van der Waals surface area (Å²) >= 11 is 0. The van der Waals surface area contributed by atoms with E-state index in [-0.39, 0.29) is 11.8 Å². The van der Waals surface area contributed by atoms with Crippen molar-refractivity contribution in [3.05, 3.63) is 60.3 Å². The van der Waals surface area contributed by atoms with Crippen molar-refractivity contribution in [2.75, 3.05) is 0 Å². The van der Waals surface area contributed by atoms with Crippen LogP contribution in [0.4, 0.5) is 0 Å². The number of benzene rings is 1. The third-order valence-corrected chi connectivity index (χ3v) is 7.17. The van der Waals surface area contributed by atoms with Crippen LogP contribution in [-0.4, -0.2) is 14.7 Å². The first-order valence-corrected chi connectivity index (χ1v) is 10.1. The Morgan fingerprint density at radius 2 is 1.88 bits per heavy atom. The van der Waals surface area contributed by atoms with Crippen LogP contribution in [0.15, 0.2) is 64.7 Å². The van der Waals surface area contributed by atoms with Crippen molar-refractivity contribution in [1.29, 1.82) is 0 Å². The summed E-state index contributed by atoms with van der Waals surface area (Å²) in [6.07, 6.45) is 8.36. The molecule has 1 unspecified atom stereocenters. The first-order chi connectivity index (χ1) is 12.1. The second-order valence-electron chi connectivity index (χ2n) is 7.18. The highest BCUT2D eigenvalue weighted by Gasteiger charge is 2.47. The van der Waals surface area contributed by atoms with Crippen molar-refractivity contribution in [2.24, 2.45) is 23.7 Å². The molecule has 1 aromatic heterocycles. The molecule has 5 atom stereocenters. The van der Waals surface area contributed by atoms with Crippen molar-refractivity contribution in [2.45, 2.75) is 36.6 Å². The largest absolute Gasteiger partial charge is 0.279 e. The lowest BCUT2D eigenvalue weighted by atomic mass is 9.81. The van der Waals surface area contributed by atoms with Crippen molar-refractivity contribution in [1.82, 2.24) is 4.57 Å². The van der Waals surface area contributed by atoms with Crippen molar-refractivity contribution in [3.8, 4) is 0 Å².